The van der Waals surface area contributed by atoms with Gasteiger partial charge in [0, 0.05) is 5.39 Å². The van der Waals surface area contributed by atoms with E-state index in [0.717, 1.165) is 10.9 Å². The van der Waals surface area contributed by atoms with Crippen molar-refractivity contribution in [2.75, 3.05) is 5.73 Å². The van der Waals surface area contributed by atoms with Crippen molar-refractivity contribution < 1.29 is 5.11 Å². The first-order chi connectivity index (χ1) is 6.31. The van der Waals surface area contributed by atoms with Crippen LogP contribution in [-0.2, 0) is 11.7 Å². The van der Waals surface area contributed by atoms with Crippen molar-refractivity contribution in [3.05, 3.63) is 35.9 Å². The fourth-order valence-corrected chi connectivity index (χ4v) is 1.39. The molecule has 0 aliphatic rings. The van der Waals surface area contributed by atoms with Gasteiger partial charge in [0.1, 0.15) is 12.4 Å². The molecule has 65 valence electrons. The number of nitrogen functional groups attached to an aromatic ring is 1. The lowest BCUT2D eigenvalue weighted by Crippen LogP contribution is -1.94. The summed E-state index contributed by atoms with van der Waals surface area (Å²) in [5.41, 5.74) is 7.05. The number of aromatic nitrogens is 1. The molecule has 2 N–H and O–H groups in total. The summed E-state index contributed by atoms with van der Waals surface area (Å²) in [6, 6.07) is 9.14. The summed E-state index contributed by atoms with van der Waals surface area (Å²) in [7, 11) is 0. The average Bonchev–Trinajstić information content (AvgIpc) is 2.16. The van der Waals surface area contributed by atoms with E-state index in [-0.39, 0.29) is 6.61 Å². The number of pyridine rings is 1. The maximum Gasteiger partial charge on any atom is 0.124 e. The Morgan fingerprint density at radius 2 is 2.08 bits per heavy atom. The largest absolute Gasteiger partial charge is 0.384 e. The van der Waals surface area contributed by atoms with Crippen LogP contribution in [0.5, 0.6) is 0 Å². The summed E-state index contributed by atoms with van der Waals surface area (Å²) in [6.45, 7) is -0.257. The highest BCUT2D eigenvalue weighted by Gasteiger charge is 2.02. The highest BCUT2D eigenvalue weighted by molar-refractivity contribution is 5.83. The van der Waals surface area contributed by atoms with E-state index in [9.17, 15) is 5.11 Å². The van der Waals surface area contributed by atoms with Gasteiger partial charge in [-0.3, -0.25) is 0 Å². The molecular weight excluding hydrogens is 164 g/mol. The van der Waals surface area contributed by atoms with Crippen molar-refractivity contribution in [2.45, 2.75) is 6.61 Å². The molecule has 0 aliphatic carbocycles. The van der Waals surface area contributed by atoms with Crippen molar-refractivity contribution >= 4 is 16.7 Å². The van der Waals surface area contributed by atoms with Gasteiger partial charge < -0.3 is 5.73 Å². The molecule has 0 amide bonds. The second kappa shape index (κ2) is 3.03. The first kappa shape index (κ1) is 8.01. The van der Waals surface area contributed by atoms with Crippen molar-refractivity contribution in [3.63, 3.8) is 0 Å². The summed E-state index contributed by atoms with van der Waals surface area (Å²) in [5, 5.41) is 11.7. The Kier molecular flexibility index (Phi) is 1.87. The lowest BCUT2D eigenvalue weighted by Gasteiger charge is -2.03. The third-order valence-corrected chi connectivity index (χ3v) is 1.98. The maximum absolute atomic E-state index is 10.8. The first-order valence-corrected chi connectivity index (χ1v) is 4.03. The van der Waals surface area contributed by atoms with E-state index in [4.69, 9.17) is 5.73 Å². The van der Waals surface area contributed by atoms with Crippen LogP contribution in [0.25, 0.3) is 10.9 Å². The minimum absolute atomic E-state index is 0.257. The van der Waals surface area contributed by atoms with Gasteiger partial charge in [-0.15, -0.1) is 0 Å². The van der Waals surface area contributed by atoms with E-state index < -0.39 is 0 Å². The quantitative estimate of drug-likeness (QED) is 0.714. The van der Waals surface area contributed by atoms with Gasteiger partial charge in [0.25, 0.3) is 0 Å². The monoisotopic (exact) mass is 173 g/mol. The molecule has 0 aliphatic heterocycles. The van der Waals surface area contributed by atoms with Crippen molar-refractivity contribution in [1.29, 1.82) is 0 Å². The predicted molar refractivity (Wildman–Crippen MR) is 50.5 cm³/mol. The van der Waals surface area contributed by atoms with Crippen molar-refractivity contribution in [3.8, 4) is 0 Å². The summed E-state index contributed by atoms with van der Waals surface area (Å²) >= 11 is 0. The molecule has 1 heterocycles. The summed E-state index contributed by atoms with van der Waals surface area (Å²) in [6.07, 6.45) is 0. The van der Waals surface area contributed by atoms with Gasteiger partial charge in [0.05, 0.1) is 5.52 Å². The molecule has 0 atom stereocenters. The molecule has 1 aromatic carbocycles. The Labute approximate surface area is 75.8 Å². The molecule has 0 fully saturated rings. The molecule has 2 aromatic rings. The molecule has 1 radical (unpaired) electrons. The zero-order chi connectivity index (χ0) is 9.26. The van der Waals surface area contributed by atoms with Crippen LogP contribution < -0.4 is 5.73 Å². The van der Waals surface area contributed by atoms with E-state index >= 15 is 0 Å². The van der Waals surface area contributed by atoms with Crippen LogP contribution in [0.1, 0.15) is 5.56 Å². The summed E-state index contributed by atoms with van der Waals surface area (Å²) < 4.78 is 0. The number of anilines is 1. The molecule has 0 saturated carbocycles. The van der Waals surface area contributed by atoms with Crippen LogP contribution in [0.15, 0.2) is 30.3 Å². The van der Waals surface area contributed by atoms with Crippen LogP contribution in [0.4, 0.5) is 5.82 Å². The van der Waals surface area contributed by atoms with Gasteiger partial charge in [-0.25, -0.2) is 10.1 Å². The summed E-state index contributed by atoms with van der Waals surface area (Å²) in [4.78, 5) is 4.12. The Hall–Kier alpha value is -1.61. The second-order valence-electron chi connectivity index (χ2n) is 2.87. The molecule has 0 unspecified atom stereocenters. The lowest BCUT2D eigenvalue weighted by molar-refractivity contribution is 0.179. The molecule has 13 heavy (non-hydrogen) atoms. The number of benzene rings is 1. The molecule has 0 spiro atoms. The number of hydrogen-bond donors (Lipinski definition) is 1. The SMILES string of the molecule is Nc1cc(C[O])c2ccccc2n1. The fraction of sp³-hybridized carbons (Fsp3) is 0.100. The molecule has 2 rings (SSSR count). The standard InChI is InChI=1S/C10H9N2O/c11-10-5-7(6-13)8-3-1-2-4-9(8)12-10/h1-5H,6H2,(H2,11,12). The molecule has 3 heteroatoms. The van der Waals surface area contributed by atoms with Crippen LogP contribution in [-0.4, -0.2) is 4.98 Å². The minimum atomic E-state index is -0.257. The topological polar surface area (TPSA) is 58.8 Å². The van der Waals surface area contributed by atoms with E-state index in [1.165, 1.54) is 0 Å². The molecule has 0 saturated heterocycles. The Morgan fingerprint density at radius 3 is 2.85 bits per heavy atom. The van der Waals surface area contributed by atoms with Crippen LogP contribution in [0, 0.1) is 0 Å². The smallest absolute Gasteiger partial charge is 0.124 e. The van der Waals surface area contributed by atoms with Gasteiger partial charge in [-0.05, 0) is 17.7 Å². The Bertz CT molecular complexity index is 440. The molecule has 0 bridgehead atoms. The number of para-hydroxylation sites is 1. The van der Waals surface area contributed by atoms with Crippen molar-refractivity contribution in [1.82, 2.24) is 4.98 Å². The normalized spacial score (nSPS) is 10.5. The number of fused-ring (bicyclic) bond motifs is 1. The van der Waals surface area contributed by atoms with Crippen molar-refractivity contribution in [2.24, 2.45) is 0 Å². The van der Waals surface area contributed by atoms with Gasteiger partial charge >= 0.3 is 0 Å². The number of hydrogen-bond acceptors (Lipinski definition) is 2. The average molecular weight is 173 g/mol. The van der Waals surface area contributed by atoms with E-state index in [2.05, 4.69) is 4.98 Å². The Morgan fingerprint density at radius 1 is 1.31 bits per heavy atom. The van der Waals surface area contributed by atoms with Crippen LogP contribution in [0.2, 0.25) is 0 Å². The van der Waals surface area contributed by atoms with E-state index in [0.29, 0.717) is 11.4 Å². The third-order valence-electron chi connectivity index (χ3n) is 1.98. The number of rotatable bonds is 1. The fourth-order valence-electron chi connectivity index (χ4n) is 1.39. The zero-order valence-corrected chi connectivity index (χ0v) is 7.03. The predicted octanol–water partition coefficient (Wildman–Crippen LogP) is 1.75. The highest BCUT2D eigenvalue weighted by Crippen LogP contribution is 2.18. The minimum Gasteiger partial charge on any atom is -0.384 e. The zero-order valence-electron chi connectivity index (χ0n) is 7.03. The van der Waals surface area contributed by atoms with E-state index in [1.54, 1.807) is 6.07 Å². The third kappa shape index (κ3) is 1.34. The number of nitrogens with two attached hydrogens (primary N) is 1. The number of nitrogens with zero attached hydrogens (tertiary/aromatic N) is 1. The van der Waals surface area contributed by atoms with Crippen LogP contribution in [0.3, 0.4) is 0 Å². The first-order valence-electron chi connectivity index (χ1n) is 4.03. The highest BCUT2D eigenvalue weighted by atomic mass is 16.3. The molecule has 1 aromatic heterocycles. The molecule has 3 nitrogen and oxygen atoms in total. The molecular formula is C10H9N2O. The summed E-state index contributed by atoms with van der Waals surface area (Å²) in [5.74, 6) is 0.407. The van der Waals surface area contributed by atoms with Gasteiger partial charge in [-0.2, -0.15) is 0 Å². The second-order valence-corrected chi connectivity index (χ2v) is 2.87. The van der Waals surface area contributed by atoms with Gasteiger partial charge in [0.2, 0.25) is 0 Å². The van der Waals surface area contributed by atoms with Crippen LogP contribution >= 0.6 is 0 Å². The maximum atomic E-state index is 10.8. The van der Waals surface area contributed by atoms with E-state index in [1.807, 2.05) is 24.3 Å². The van der Waals surface area contributed by atoms with Gasteiger partial charge in [-0.1, -0.05) is 18.2 Å². The van der Waals surface area contributed by atoms with Gasteiger partial charge in [0.15, 0.2) is 0 Å². The lowest BCUT2D eigenvalue weighted by atomic mass is 10.1. The Balaban J connectivity index is 2.81.